The van der Waals surface area contributed by atoms with Crippen molar-refractivity contribution in [3.8, 4) is 0 Å². The van der Waals surface area contributed by atoms with Crippen molar-refractivity contribution in [1.29, 1.82) is 0 Å². The van der Waals surface area contributed by atoms with Crippen LogP contribution in [0.3, 0.4) is 0 Å². The molecule has 1 aliphatic heterocycles. The summed E-state index contributed by atoms with van der Waals surface area (Å²) in [6, 6.07) is 5.45. The van der Waals surface area contributed by atoms with Gasteiger partial charge in [0.25, 0.3) is 0 Å². The van der Waals surface area contributed by atoms with Gasteiger partial charge < -0.3 is 5.32 Å². The van der Waals surface area contributed by atoms with Gasteiger partial charge in [-0.3, -0.25) is 14.5 Å². The van der Waals surface area contributed by atoms with Gasteiger partial charge in [-0.15, -0.1) is 0 Å². The second-order valence-electron chi connectivity index (χ2n) is 4.39. The lowest BCUT2D eigenvalue weighted by Gasteiger charge is -2.34. The Morgan fingerprint density at radius 2 is 2.22 bits per heavy atom. The maximum absolute atomic E-state index is 13.8. The van der Waals surface area contributed by atoms with Crippen LogP contribution in [-0.2, 0) is 9.59 Å². The highest BCUT2D eigenvalue weighted by Crippen LogP contribution is 2.25. The SMILES string of the molecule is CC(=O)CN1CCNC(=O)C1c1ccccc1F. The van der Waals surface area contributed by atoms with Crippen LogP contribution >= 0.6 is 0 Å². The zero-order chi connectivity index (χ0) is 13.1. The fourth-order valence-corrected chi connectivity index (χ4v) is 2.21. The molecule has 0 aromatic heterocycles. The fourth-order valence-electron chi connectivity index (χ4n) is 2.21. The van der Waals surface area contributed by atoms with Gasteiger partial charge in [-0.05, 0) is 13.0 Å². The Morgan fingerprint density at radius 1 is 1.50 bits per heavy atom. The molecular weight excluding hydrogens is 235 g/mol. The Labute approximate surface area is 105 Å². The summed E-state index contributed by atoms with van der Waals surface area (Å²) >= 11 is 0. The number of piperazine rings is 1. The van der Waals surface area contributed by atoms with Crippen molar-refractivity contribution in [2.24, 2.45) is 0 Å². The van der Waals surface area contributed by atoms with E-state index in [4.69, 9.17) is 0 Å². The van der Waals surface area contributed by atoms with Crippen molar-refractivity contribution in [3.63, 3.8) is 0 Å². The Bertz CT molecular complexity index is 476. The van der Waals surface area contributed by atoms with E-state index in [9.17, 15) is 14.0 Å². The molecule has 1 unspecified atom stereocenters. The summed E-state index contributed by atoms with van der Waals surface area (Å²) in [6.45, 7) is 2.65. The van der Waals surface area contributed by atoms with Crippen LogP contribution in [-0.4, -0.2) is 36.2 Å². The molecule has 0 radical (unpaired) electrons. The molecule has 4 nitrogen and oxygen atoms in total. The molecule has 0 bridgehead atoms. The lowest BCUT2D eigenvalue weighted by molar-refractivity contribution is -0.131. The van der Waals surface area contributed by atoms with Crippen LogP contribution in [0.15, 0.2) is 24.3 Å². The summed E-state index contributed by atoms with van der Waals surface area (Å²) < 4.78 is 13.8. The Hall–Kier alpha value is -1.75. The van der Waals surface area contributed by atoms with Crippen molar-refractivity contribution >= 4 is 11.7 Å². The minimum Gasteiger partial charge on any atom is -0.353 e. The van der Waals surface area contributed by atoms with Crippen LogP contribution in [0.1, 0.15) is 18.5 Å². The van der Waals surface area contributed by atoms with Gasteiger partial charge in [-0.1, -0.05) is 18.2 Å². The first-order valence-electron chi connectivity index (χ1n) is 5.85. The second-order valence-corrected chi connectivity index (χ2v) is 4.39. The zero-order valence-corrected chi connectivity index (χ0v) is 10.1. The molecule has 0 aliphatic carbocycles. The minimum atomic E-state index is -0.719. The number of hydrogen-bond acceptors (Lipinski definition) is 3. The molecule has 2 rings (SSSR count). The first-order chi connectivity index (χ1) is 8.59. The van der Waals surface area contributed by atoms with E-state index >= 15 is 0 Å². The molecule has 96 valence electrons. The van der Waals surface area contributed by atoms with Gasteiger partial charge in [0.15, 0.2) is 0 Å². The fraction of sp³-hybridized carbons (Fsp3) is 0.385. The number of ketones is 1. The third kappa shape index (κ3) is 2.56. The van der Waals surface area contributed by atoms with E-state index in [1.165, 1.54) is 13.0 Å². The van der Waals surface area contributed by atoms with Gasteiger partial charge in [0.1, 0.15) is 17.6 Å². The summed E-state index contributed by atoms with van der Waals surface area (Å²) in [5, 5.41) is 2.70. The van der Waals surface area contributed by atoms with E-state index < -0.39 is 11.9 Å². The number of benzene rings is 1. The van der Waals surface area contributed by atoms with Crippen LogP contribution in [0.2, 0.25) is 0 Å². The van der Waals surface area contributed by atoms with Crippen LogP contribution in [0.25, 0.3) is 0 Å². The molecule has 1 heterocycles. The van der Waals surface area contributed by atoms with E-state index in [1.807, 2.05) is 0 Å². The molecule has 1 fully saturated rings. The standard InChI is InChI=1S/C13H15FN2O2/c1-9(17)8-16-7-6-15-13(18)12(16)10-4-2-3-5-11(10)14/h2-5,12H,6-8H2,1H3,(H,15,18). The van der Waals surface area contributed by atoms with Crippen LogP contribution in [0.5, 0.6) is 0 Å². The van der Waals surface area contributed by atoms with Crippen molar-refractivity contribution in [2.75, 3.05) is 19.6 Å². The number of halogens is 1. The van der Waals surface area contributed by atoms with E-state index in [2.05, 4.69) is 5.32 Å². The van der Waals surface area contributed by atoms with Crippen molar-refractivity contribution in [2.45, 2.75) is 13.0 Å². The van der Waals surface area contributed by atoms with Crippen molar-refractivity contribution in [1.82, 2.24) is 10.2 Å². The zero-order valence-electron chi connectivity index (χ0n) is 10.1. The van der Waals surface area contributed by atoms with Crippen LogP contribution in [0.4, 0.5) is 4.39 Å². The highest BCUT2D eigenvalue weighted by atomic mass is 19.1. The van der Waals surface area contributed by atoms with Crippen LogP contribution in [0, 0.1) is 5.82 Å². The number of nitrogens with zero attached hydrogens (tertiary/aromatic N) is 1. The third-order valence-corrected chi connectivity index (χ3v) is 2.94. The maximum atomic E-state index is 13.8. The van der Waals surface area contributed by atoms with Crippen molar-refractivity contribution < 1.29 is 14.0 Å². The summed E-state index contributed by atoms with van der Waals surface area (Å²) in [5.74, 6) is -0.716. The molecule has 1 atom stereocenters. The topological polar surface area (TPSA) is 49.4 Å². The van der Waals surface area contributed by atoms with E-state index in [1.54, 1.807) is 23.1 Å². The first-order valence-corrected chi connectivity index (χ1v) is 5.85. The molecule has 1 N–H and O–H groups in total. The summed E-state index contributed by atoms with van der Waals surface area (Å²) in [5.41, 5.74) is 0.316. The number of carbonyl (C=O) groups is 2. The molecule has 5 heteroatoms. The average molecular weight is 250 g/mol. The highest BCUT2D eigenvalue weighted by molar-refractivity contribution is 5.85. The lowest BCUT2D eigenvalue weighted by Crippen LogP contribution is -2.51. The van der Waals surface area contributed by atoms with Crippen molar-refractivity contribution in [3.05, 3.63) is 35.6 Å². The molecule has 1 aromatic rings. The maximum Gasteiger partial charge on any atom is 0.242 e. The predicted octanol–water partition coefficient (Wildman–Crippen LogP) is 0.888. The average Bonchev–Trinajstić information content (AvgIpc) is 2.30. The van der Waals surface area contributed by atoms with Gasteiger partial charge in [0.2, 0.25) is 5.91 Å². The van der Waals surface area contributed by atoms with Gasteiger partial charge in [0, 0.05) is 18.7 Å². The number of hydrogen-bond donors (Lipinski definition) is 1. The molecule has 1 aromatic carbocycles. The summed E-state index contributed by atoms with van der Waals surface area (Å²) in [4.78, 5) is 24.8. The molecule has 1 aliphatic rings. The molecule has 18 heavy (non-hydrogen) atoms. The Balaban J connectivity index is 2.33. The van der Waals surface area contributed by atoms with Crippen LogP contribution < -0.4 is 5.32 Å². The quantitative estimate of drug-likeness (QED) is 0.866. The molecule has 0 spiro atoms. The van der Waals surface area contributed by atoms with E-state index in [-0.39, 0.29) is 18.2 Å². The van der Waals surface area contributed by atoms with E-state index in [0.717, 1.165) is 0 Å². The summed E-state index contributed by atoms with van der Waals surface area (Å²) in [7, 11) is 0. The second kappa shape index (κ2) is 5.27. The minimum absolute atomic E-state index is 0.0361. The largest absolute Gasteiger partial charge is 0.353 e. The smallest absolute Gasteiger partial charge is 0.242 e. The molecule has 0 saturated carbocycles. The van der Waals surface area contributed by atoms with E-state index in [0.29, 0.717) is 18.7 Å². The number of rotatable bonds is 3. The Kier molecular flexibility index (Phi) is 3.72. The summed E-state index contributed by atoms with van der Waals surface area (Å²) in [6.07, 6.45) is 0. The number of amides is 1. The lowest BCUT2D eigenvalue weighted by atomic mass is 10.0. The third-order valence-electron chi connectivity index (χ3n) is 2.94. The number of Topliss-reactive ketones (excluding diaryl/α,β-unsaturated/α-hetero) is 1. The number of nitrogens with one attached hydrogen (secondary N) is 1. The number of carbonyl (C=O) groups excluding carboxylic acids is 2. The normalized spacial score (nSPS) is 20.6. The highest BCUT2D eigenvalue weighted by Gasteiger charge is 2.33. The van der Waals surface area contributed by atoms with Gasteiger partial charge >= 0.3 is 0 Å². The van der Waals surface area contributed by atoms with Gasteiger partial charge in [-0.25, -0.2) is 4.39 Å². The predicted molar refractivity (Wildman–Crippen MR) is 64.4 cm³/mol. The monoisotopic (exact) mass is 250 g/mol. The molecular formula is C13H15FN2O2. The van der Waals surface area contributed by atoms with Gasteiger partial charge in [0.05, 0.1) is 6.54 Å². The molecule has 1 amide bonds. The first kappa shape index (κ1) is 12.7. The molecule has 1 saturated heterocycles. The van der Waals surface area contributed by atoms with Gasteiger partial charge in [-0.2, -0.15) is 0 Å². The Morgan fingerprint density at radius 3 is 2.89 bits per heavy atom.